The van der Waals surface area contributed by atoms with E-state index in [0.717, 1.165) is 22.7 Å². The second-order valence-corrected chi connectivity index (χ2v) is 5.77. The highest BCUT2D eigenvalue weighted by atomic mass is 35.5. The number of halogens is 1. The van der Waals surface area contributed by atoms with E-state index in [9.17, 15) is 0 Å². The molecule has 0 saturated carbocycles. The molecule has 0 aliphatic rings. The molecule has 0 amide bonds. The largest absolute Gasteiger partial charge is 0.295 e. The summed E-state index contributed by atoms with van der Waals surface area (Å²) in [5, 5.41) is 9.73. The van der Waals surface area contributed by atoms with Crippen LogP contribution >= 0.6 is 11.6 Å². The fourth-order valence-electron chi connectivity index (χ4n) is 2.40. The van der Waals surface area contributed by atoms with Gasteiger partial charge in [0.25, 0.3) is 0 Å². The lowest BCUT2D eigenvalue weighted by Crippen LogP contribution is -2.22. The Morgan fingerprint density at radius 2 is 1.95 bits per heavy atom. The molecule has 0 aromatic heterocycles. The van der Waals surface area contributed by atoms with Crippen molar-refractivity contribution in [3.8, 4) is 6.07 Å². The predicted octanol–water partition coefficient (Wildman–Crippen LogP) is 4.71. The van der Waals surface area contributed by atoms with Gasteiger partial charge >= 0.3 is 0 Å². The van der Waals surface area contributed by atoms with E-state index in [1.54, 1.807) is 0 Å². The van der Waals surface area contributed by atoms with Gasteiger partial charge in [0, 0.05) is 17.6 Å². The number of benzene rings is 2. The van der Waals surface area contributed by atoms with Crippen molar-refractivity contribution in [2.75, 3.05) is 7.05 Å². The van der Waals surface area contributed by atoms with Crippen LogP contribution in [-0.4, -0.2) is 11.9 Å². The van der Waals surface area contributed by atoms with Crippen molar-refractivity contribution in [3.63, 3.8) is 0 Å². The van der Waals surface area contributed by atoms with Crippen molar-refractivity contribution < 1.29 is 0 Å². The Labute approximate surface area is 131 Å². The van der Waals surface area contributed by atoms with Crippen molar-refractivity contribution in [2.45, 2.75) is 26.4 Å². The third-order valence-corrected chi connectivity index (χ3v) is 4.25. The van der Waals surface area contributed by atoms with Gasteiger partial charge in [-0.2, -0.15) is 5.26 Å². The number of nitrogens with zero attached hydrogens (tertiary/aromatic N) is 2. The van der Waals surface area contributed by atoms with Crippen molar-refractivity contribution in [2.24, 2.45) is 0 Å². The molecule has 2 aromatic carbocycles. The first-order valence-electron chi connectivity index (χ1n) is 6.97. The summed E-state index contributed by atoms with van der Waals surface area (Å²) < 4.78 is 0. The molecule has 0 heterocycles. The molecule has 2 aromatic rings. The molecular weight excluding hydrogens is 280 g/mol. The van der Waals surface area contributed by atoms with Crippen LogP contribution in [0.2, 0.25) is 5.02 Å². The van der Waals surface area contributed by atoms with Gasteiger partial charge in [-0.3, -0.25) is 4.90 Å². The van der Waals surface area contributed by atoms with Crippen LogP contribution in [0.4, 0.5) is 0 Å². The van der Waals surface area contributed by atoms with Crippen molar-refractivity contribution >= 4 is 11.6 Å². The molecule has 0 fully saturated rings. The summed E-state index contributed by atoms with van der Waals surface area (Å²) in [6.45, 7) is 5.02. The zero-order valence-corrected chi connectivity index (χ0v) is 13.4. The van der Waals surface area contributed by atoms with Crippen LogP contribution in [-0.2, 0) is 6.54 Å². The fourth-order valence-corrected chi connectivity index (χ4v) is 2.69. The highest BCUT2D eigenvalue weighted by Crippen LogP contribution is 2.27. The van der Waals surface area contributed by atoms with Gasteiger partial charge in [0.2, 0.25) is 0 Å². The molecule has 3 heteroatoms. The zero-order chi connectivity index (χ0) is 15.4. The molecule has 2 rings (SSSR count). The molecule has 0 N–H and O–H groups in total. The Kier molecular flexibility index (Phi) is 5.01. The number of nitriles is 1. The molecule has 1 unspecified atom stereocenters. The lowest BCUT2D eigenvalue weighted by Gasteiger charge is -2.26. The molecule has 0 saturated heterocycles. The van der Waals surface area contributed by atoms with E-state index in [2.05, 4.69) is 31.0 Å². The topological polar surface area (TPSA) is 27.0 Å². The minimum atomic E-state index is 0.230. The van der Waals surface area contributed by atoms with Gasteiger partial charge in [-0.05, 0) is 55.8 Å². The zero-order valence-electron chi connectivity index (χ0n) is 12.6. The van der Waals surface area contributed by atoms with Crippen LogP contribution in [0.25, 0.3) is 0 Å². The number of hydrogen-bond acceptors (Lipinski definition) is 2. The number of hydrogen-bond donors (Lipinski definition) is 0. The van der Waals surface area contributed by atoms with Crippen LogP contribution in [0.5, 0.6) is 0 Å². The van der Waals surface area contributed by atoms with E-state index >= 15 is 0 Å². The van der Waals surface area contributed by atoms with Crippen molar-refractivity contribution in [1.82, 2.24) is 4.90 Å². The van der Waals surface area contributed by atoms with E-state index in [1.165, 1.54) is 5.56 Å². The average molecular weight is 299 g/mol. The molecular formula is C18H19ClN2. The molecule has 0 aliphatic heterocycles. The number of aryl methyl sites for hydroxylation is 1. The van der Waals surface area contributed by atoms with Gasteiger partial charge in [0.15, 0.2) is 0 Å². The third-order valence-electron chi connectivity index (χ3n) is 3.91. The minimum Gasteiger partial charge on any atom is -0.295 e. The van der Waals surface area contributed by atoms with E-state index in [1.807, 2.05) is 43.3 Å². The first kappa shape index (κ1) is 15.6. The SMILES string of the molecule is Cc1cc(C#N)ccc1CN(C)C(C)c1ccccc1Cl. The smallest absolute Gasteiger partial charge is 0.0991 e. The second kappa shape index (κ2) is 6.76. The van der Waals surface area contributed by atoms with Crippen molar-refractivity contribution in [1.29, 1.82) is 5.26 Å². The summed E-state index contributed by atoms with van der Waals surface area (Å²) in [6, 6.07) is 16.2. The standard InChI is InChI=1S/C18H19ClN2/c1-13-10-15(11-20)8-9-16(13)12-21(3)14(2)17-6-4-5-7-18(17)19/h4-10,14H,12H2,1-3H3. The molecule has 21 heavy (non-hydrogen) atoms. The van der Waals surface area contributed by atoms with Crippen LogP contribution < -0.4 is 0 Å². The molecule has 0 aliphatic carbocycles. The van der Waals surface area contributed by atoms with Crippen LogP contribution in [0, 0.1) is 18.3 Å². The molecule has 0 spiro atoms. The van der Waals surface area contributed by atoms with Gasteiger partial charge in [-0.25, -0.2) is 0 Å². The number of rotatable bonds is 4. The summed E-state index contributed by atoms with van der Waals surface area (Å²) in [5.41, 5.74) is 4.22. The Balaban J connectivity index is 2.16. The average Bonchev–Trinajstić information content (AvgIpc) is 2.49. The molecule has 0 radical (unpaired) electrons. The highest BCUT2D eigenvalue weighted by molar-refractivity contribution is 6.31. The molecule has 1 atom stereocenters. The molecule has 0 bridgehead atoms. The van der Waals surface area contributed by atoms with E-state index in [0.29, 0.717) is 5.56 Å². The maximum atomic E-state index is 8.93. The Bertz CT molecular complexity index is 673. The Hall–Kier alpha value is -1.82. The van der Waals surface area contributed by atoms with Crippen LogP contribution in [0.1, 0.15) is 35.2 Å². The van der Waals surface area contributed by atoms with E-state index < -0.39 is 0 Å². The monoisotopic (exact) mass is 298 g/mol. The quantitative estimate of drug-likeness (QED) is 0.817. The molecule has 2 nitrogen and oxygen atoms in total. The lowest BCUT2D eigenvalue weighted by molar-refractivity contribution is 0.252. The predicted molar refractivity (Wildman–Crippen MR) is 87.2 cm³/mol. The maximum absolute atomic E-state index is 8.93. The fraction of sp³-hybridized carbons (Fsp3) is 0.278. The maximum Gasteiger partial charge on any atom is 0.0991 e. The second-order valence-electron chi connectivity index (χ2n) is 5.37. The van der Waals surface area contributed by atoms with Crippen LogP contribution in [0.3, 0.4) is 0 Å². The normalized spacial score (nSPS) is 12.2. The van der Waals surface area contributed by atoms with Crippen LogP contribution in [0.15, 0.2) is 42.5 Å². The summed E-state index contributed by atoms with van der Waals surface area (Å²) in [4.78, 5) is 2.26. The summed E-state index contributed by atoms with van der Waals surface area (Å²) in [6.07, 6.45) is 0. The van der Waals surface area contributed by atoms with Gasteiger partial charge in [0.05, 0.1) is 11.6 Å². The summed E-state index contributed by atoms with van der Waals surface area (Å²) in [5.74, 6) is 0. The lowest BCUT2D eigenvalue weighted by atomic mass is 10.0. The van der Waals surface area contributed by atoms with Gasteiger partial charge < -0.3 is 0 Å². The van der Waals surface area contributed by atoms with Gasteiger partial charge in [-0.15, -0.1) is 0 Å². The summed E-state index contributed by atoms with van der Waals surface area (Å²) in [7, 11) is 2.09. The first-order valence-corrected chi connectivity index (χ1v) is 7.35. The van der Waals surface area contributed by atoms with Crippen molar-refractivity contribution in [3.05, 3.63) is 69.7 Å². The van der Waals surface area contributed by atoms with Gasteiger partial charge in [-0.1, -0.05) is 35.9 Å². The highest BCUT2D eigenvalue weighted by Gasteiger charge is 2.15. The van der Waals surface area contributed by atoms with Gasteiger partial charge in [0.1, 0.15) is 0 Å². The Morgan fingerprint density at radius 3 is 2.57 bits per heavy atom. The summed E-state index contributed by atoms with van der Waals surface area (Å²) >= 11 is 6.27. The van der Waals surface area contributed by atoms with E-state index in [-0.39, 0.29) is 6.04 Å². The van der Waals surface area contributed by atoms with E-state index in [4.69, 9.17) is 16.9 Å². The molecule has 108 valence electrons. The third kappa shape index (κ3) is 3.64. The first-order chi connectivity index (χ1) is 10.0. The minimum absolute atomic E-state index is 0.230. The Morgan fingerprint density at radius 1 is 1.24 bits per heavy atom.